The Labute approximate surface area is 382 Å². The zero-order chi connectivity index (χ0) is 45.1. The quantitative estimate of drug-likeness (QED) is 0.0262. The predicted molar refractivity (Wildman–Crippen MR) is 265 cm³/mol. The van der Waals surface area contributed by atoms with Crippen molar-refractivity contribution in [3.8, 4) is 0 Å². The van der Waals surface area contributed by atoms with E-state index in [4.69, 9.17) is 14.2 Å². The van der Waals surface area contributed by atoms with Crippen molar-refractivity contribution < 1.29 is 28.6 Å². The van der Waals surface area contributed by atoms with Crippen LogP contribution in [0.4, 0.5) is 0 Å². The van der Waals surface area contributed by atoms with Crippen LogP contribution in [0, 0.1) is 0 Å². The van der Waals surface area contributed by atoms with Gasteiger partial charge in [-0.2, -0.15) is 0 Å². The highest BCUT2D eigenvalue weighted by atomic mass is 16.6. The van der Waals surface area contributed by atoms with Crippen molar-refractivity contribution in [1.29, 1.82) is 0 Å². The lowest BCUT2D eigenvalue weighted by Crippen LogP contribution is -2.30. The van der Waals surface area contributed by atoms with E-state index in [1.54, 1.807) is 0 Å². The van der Waals surface area contributed by atoms with E-state index in [1.807, 2.05) is 0 Å². The molecule has 6 heteroatoms. The fourth-order valence-corrected chi connectivity index (χ4v) is 7.09. The van der Waals surface area contributed by atoms with Gasteiger partial charge < -0.3 is 14.2 Å². The van der Waals surface area contributed by atoms with Gasteiger partial charge in [-0.25, -0.2) is 0 Å². The molecule has 0 saturated carbocycles. The van der Waals surface area contributed by atoms with E-state index in [2.05, 4.69) is 93.7 Å². The fraction of sp³-hybridized carbons (Fsp3) is 0.732. The minimum absolute atomic E-state index is 0.0810. The molecule has 0 saturated heterocycles. The normalized spacial score (nSPS) is 12.6. The summed E-state index contributed by atoms with van der Waals surface area (Å²) in [5, 5.41) is 0. The topological polar surface area (TPSA) is 78.9 Å². The number of unbranched alkanes of at least 4 members (excludes halogenated alkanes) is 23. The van der Waals surface area contributed by atoms with Crippen molar-refractivity contribution in [2.24, 2.45) is 0 Å². The molecule has 0 fully saturated rings. The van der Waals surface area contributed by atoms with Gasteiger partial charge in [0.1, 0.15) is 13.2 Å². The van der Waals surface area contributed by atoms with E-state index >= 15 is 0 Å². The van der Waals surface area contributed by atoms with E-state index < -0.39 is 6.10 Å². The predicted octanol–water partition coefficient (Wildman–Crippen LogP) is 17.0. The van der Waals surface area contributed by atoms with Crippen LogP contribution in [0.5, 0.6) is 0 Å². The fourth-order valence-electron chi connectivity index (χ4n) is 7.09. The molecule has 0 aromatic heterocycles. The molecular weight excluding hydrogens is 769 g/mol. The summed E-state index contributed by atoms with van der Waals surface area (Å²) in [5.41, 5.74) is 0. The maximum absolute atomic E-state index is 12.7. The summed E-state index contributed by atoms with van der Waals surface area (Å²) >= 11 is 0. The minimum Gasteiger partial charge on any atom is -0.462 e. The molecule has 0 aliphatic carbocycles. The van der Waals surface area contributed by atoms with Crippen LogP contribution in [0.15, 0.2) is 72.9 Å². The first-order valence-electron chi connectivity index (χ1n) is 25.9. The van der Waals surface area contributed by atoms with Gasteiger partial charge in [0, 0.05) is 19.3 Å². The monoisotopic (exact) mass is 865 g/mol. The smallest absolute Gasteiger partial charge is 0.306 e. The average Bonchev–Trinajstić information content (AvgIpc) is 3.27. The van der Waals surface area contributed by atoms with Crippen molar-refractivity contribution in [3.63, 3.8) is 0 Å². The minimum atomic E-state index is -0.780. The Hall–Kier alpha value is -3.15. The summed E-state index contributed by atoms with van der Waals surface area (Å²) in [6.45, 7) is 6.48. The van der Waals surface area contributed by atoms with E-state index in [-0.39, 0.29) is 31.1 Å². The van der Waals surface area contributed by atoms with Gasteiger partial charge in [-0.1, -0.05) is 229 Å². The molecule has 0 spiro atoms. The van der Waals surface area contributed by atoms with Crippen molar-refractivity contribution in [1.82, 2.24) is 0 Å². The largest absolute Gasteiger partial charge is 0.462 e. The van der Waals surface area contributed by atoms with Gasteiger partial charge in [0.25, 0.3) is 0 Å². The van der Waals surface area contributed by atoms with Crippen LogP contribution in [0.1, 0.15) is 245 Å². The molecule has 0 heterocycles. The molecule has 0 radical (unpaired) electrons. The highest BCUT2D eigenvalue weighted by molar-refractivity contribution is 5.71. The molecule has 0 aliphatic rings. The first kappa shape index (κ1) is 58.9. The van der Waals surface area contributed by atoms with E-state index in [0.29, 0.717) is 19.3 Å². The highest BCUT2D eigenvalue weighted by Crippen LogP contribution is 2.15. The number of hydrogen-bond acceptors (Lipinski definition) is 6. The van der Waals surface area contributed by atoms with Crippen LogP contribution in [0.3, 0.4) is 0 Å². The third-order valence-electron chi connectivity index (χ3n) is 11.0. The molecule has 356 valence electrons. The number of hydrogen-bond donors (Lipinski definition) is 0. The first-order chi connectivity index (χ1) is 30.5. The van der Waals surface area contributed by atoms with Crippen LogP contribution < -0.4 is 0 Å². The standard InChI is InChI=1S/C56H96O6/c1-4-7-10-13-16-19-21-23-24-25-26-27-28-29-30-31-32-33-35-37-40-43-46-49-55(58)61-52-53(51-60-54(57)48-45-42-39-36-18-15-12-9-6-3)62-56(59)50-47-44-41-38-34-22-20-17-14-11-8-5-2/h7,10,16,19,23-24,26-27,29-30,32-33,53H,4-6,8-9,11-15,17-18,20-22,25,28,31,34-52H2,1-3H3/b10-7-,19-16-,24-23-,27-26-,30-29-,33-32-. The van der Waals surface area contributed by atoms with Gasteiger partial charge in [-0.3, -0.25) is 14.4 Å². The number of allylic oxidation sites excluding steroid dienone is 12. The van der Waals surface area contributed by atoms with Gasteiger partial charge in [-0.15, -0.1) is 0 Å². The molecule has 0 bridgehead atoms. The Morgan fingerprint density at radius 2 is 0.629 bits per heavy atom. The van der Waals surface area contributed by atoms with Crippen molar-refractivity contribution in [2.45, 2.75) is 252 Å². The molecule has 62 heavy (non-hydrogen) atoms. The van der Waals surface area contributed by atoms with E-state index in [1.165, 1.54) is 96.3 Å². The third-order valence-corrected chi connectivity index (χ3v) is 11.0. The summed E-state index contributed by atoms with van der Waals surface area (Å²) < 4.78 is 16.7. The molecule has 0 aliphatic heterocycles. The van der Waals surface area contributed by atoms with Gasteiger partial charge in [-0.05, 0) is 70.6 Å². The Kier molecular flexibility index (Phi) is 47.9. The second-order valence-electron chi connectivity index (χ2n) is 17.1. The summed E-state index contributed by atoms with van der Waals surface area (Å²) in [6, 6.07) is 0. The Morgan fingerprint density at radius 3 is 0.984 bits per heavy atom. The molecule has 0 amide bonds. The van der Waals surface area contributed by atoms with Crippen LogP contribution in [-0.2, 0) is 28.6 Å². The zero-order valence-corrected chi connectivity index (χ0v) is 40.6. The zero-order valence-electron chi connectivity index (χ0n) is 40.6. The SMILES string of the molecule is CC/C=C\C/C=C\C/C=C\C/C=C\C/C=C\C/C=C\CCCCCCC(=O)OCC(COC(=O)CCCCCCCCCCC)OC(=O)CCCCCCCCCCCCCC. The Morgan fingerprint density at radius 1 is 0.339 bits per heavy atom. The van der Waals surface area contributed by atoms with Crippen molar-refractivity contribution >= 4 is 17.9 Å². The summed E-state index contributed by atoms with van der Waals surface area (Å²) in [7, 11) is 0. The number of ether oxygens (including phenoxy) is 3. The molecule has 0 aromatic rings. The highest BCUT2D eigenvalue weighted by Gasteiger charge is 2.19. The number of esters is 3. The van der Waals surface area contributed by atoms with Gasteiger partial charge in [0.05, 0.1) is 0 Å². The van der Waals surface area contributed by atoms with Gasteiger partial charge in [0.15, 0.2) is 6.10 Å². The molecular formula is C56H96O6. The van der Waals surface area contributed by atoms with Gasteiger partial charge >= 0.3 is 17.9 Å². The second kappa shape index (κ2) is 50.5. The lowest BCUT2D eigenvalue weighted by atomic mass is 10.0. The lowest BCUT2D eigenvalue weighted by Gasteiger charge is -2.18. The van der Waals surface area contributed by atoms with Crippen molar-refractivity contribution in [2.75, 3.05) is 13.2 Å². The van der Waals surface area contributed by atoms with E-state index in [0.717, 1.165) is 109 Å². The third kappa shape index (κ3) is 47.9. The van der Waals surface area contributed by atoms with Crippen LogP contribution >= 0.6 is 0 Å². The van der Waals surface area contributed by atoms with E-state index in [9.17, 15) is 14.4 Å². The molecule has 0 aromatic carbocycles. The van der Waals surface area contributed by atoms with Crippen LogP contribution in [-0.4, -0.2) is 37.2 Å². The van der Waals surface area contributed by atoms with Crippen molar-refractivity contribution in [3.05, 3.63) is 72.9 Å². The summed E-state index contributed by atoms with van der Waals surface area (Å²) in [4.78, 5) is 37.8. The van der Waals surface area contributed by atoms with Crippen LogP contribution in [0.2, 0.25) is 0 Å². The molecule has 1 atom stereocenters. The number of carbonyl (C=O) groups excluding carboxylic acids is 3. The van der Waals surface area contributed by atoms with Crippen LogP contribution in [0.25, 0.3) is 0 Å². The summed E-state index contributed by atoms with van der Waals surface area (Å²) in [5.74, 6) is -0.907. The van der Waals surface area contributed by atoms with Gasteiger partial charge in [0.2, 0.25) is 0 Å². The molecule has 0 rings (SSSR count). The number of carbonyl (C=O) groups is 3. The second-order valence-corrected chi connectivity index (χ2v) is 17.1. The Bertz CT molecular complexity index is 1180. The summed E-state index contributed by atoms with van der Waals surface area (Å²) in [6.07, 6.45) is 63.2. The maximum Gasteiger partial charge on any atom is 0.306 e. The maximum atomic E-state index is 12.7. The molecule has 0 N–H and O–H groups in total. The lowest BCUT2D eigenvalue weighted by molar-refractivity contribution is -0.167. The average molecular weight is 865 g/mol. The number of rotatable bonds is 46. The molecule has 1 unspecified atom stereocenters. The molecule has 6 nitrogen and oxygen atoms in total. The Balaban J connectivity index is 4.32. The first-order valence-corrected chi connectivity index (χ1v) is 25.9.